The van der Waals surface area contributed by atoms with Crippen LogP contribution in [-0.4, -0.2) is 44.6 Å². The number of carbonyl (C=O) groups is 2. The second kappa shape index (κ2) is 8.96. The molecule has 3 aromatic rings. The molecule has 4 rings (SSSR count). The second-order valence-corrected chi connectivity index (χ2v) is 9.32. The number of rotatable bonds is 5. The van der Waals surface area contributed by atoms with E-state index in [1.807, 2.05) is 23.4 Å². The van der Waals surface area contributed by atoms with Crippen molar-refractivity contribution in [2.24, 2.45) is 11.7 Å². The average molecular weight is 448 g/mol. The Morgan fingerprint density at radius 2 is 1.73 bits per heavy atom. The Balaban J connectivity index is 1.57. The van der Waals surface area contributed by atoms with E-state index in [9.17, 15) is 9.59 Å². The summed E-state index contributed by atoms with van der Waals surface area (Å²) in [6.45, 7) is 11.5. The number of pyridine rings is 1. The highest BCUT2D eigenvalue weighted by molar-refractivity contribution is 5.85. The van der Waals surface area contributed by atoms with Gasteiger partial charge in [0.1, 0.15) is 0 Å². The first-order chi connectivity index (χ1) is 15.7. The molecule has 0 spiro atoms. The molecule has 2 N–H and O–H groups in total. The maximum absolute atomic E-state index is 12.8. The highest BCUT2D eigenvalue weighted by atomic mass is 16.2. The number of hydrogen-bond acceptors (Lipinski definition) is 4. The van der Waals surface area contributed by atoms with Crippen LogP contribution in [-0.2, 0) is 16.0 Å². The molecule has 0 radical (unpaired) electrons. The minimum absolute atomic E-state index is 0.109. The molecule has 2 aromatic heterocycles. The number of nitrogens with two attached hydrogens (primary N) is 1. The molecular weight excluding hydrogens is 414 g/mol. The van der Waals surface area contributed by atoms with Gasteiger partial charge in [0.05, 0.1) is 11.4 Å². The Morgan fingerprint density at radius 1 is 1.03 bits per heavy atom. The van der Waals surface area contributed by atoms with Crippen molar-refractivity contribution in [1.82, 2.24) is 19.7 Å². The molecule has 174 valence electrons. The van der Waals surface area contributed by atoms with E-state index in [1.165, 1.54) is 11.1 Å². The summed E-state index contributed by atoms with van der Waals surface area (Å²) in [6.07, 6.45) is 2.39. The van der Waals surface area contributed by atoms with Gasteiger partial charge in [0.2, 0.25) is 11.8 Å². The number of hydrogen-bond donors (Lipinski definition) is 1. The maximum Gasteiger partial charge on any atom is 0.222 e. The van der Waals surface area contributed by atoms with Crippen molar-refractivity contribution in [2.45, 2.75) is 60.3 Å². The second-order valence-electron chi connectivity index (χ2n) is 9.32. The van der Waals surface area contributed by atoms with Gasteiger partial charge in [0, 0.05) is 36.5 Å². The molecule has 1 aliphatic rings. The van der Waals surface area contributed by atoms with Gasteiger partial charge in [-0.2, -0.15) is 5.10 Å². The van der Waals surface area contributed by atoms with Crippen LogP contribution in [0.1, 0.15) is 52.9 Å². The number of likely N-dealkylation sites (tertiary alicyclic amines) is 1. The lowest BCUT2D eigenvalue weighted by atomic mass is 9.95. The van der Waals surface area contributed by atoms with E-state index >= 15 is 0 Å². The third kappa shape index (κ3) is 4.36. The number of nitrogens with zero attached hydrogens (tertiary/aromatic N) is 4. The molecule has 33 heavy (non-hydrogen) atoms. The lowest BCUT2D eigenvalue weighted by Crippen LogP contribution is -2.41. The molecule has 1 aromatic carbocycles. The fourth-order valence-corrected chi connectivity index (χ4v) is 4.92. The number of piperidine rings is 1. The summed E-state index contributed by atoms with van der Waals surface area (Å²) in [5.41, 5.74) is 13.9. The van der Waals surface area contributed by atoms with Gasteiger partial charge in [0.25, 0.3) is 0 Å². The van der Waals surface area contributed by atoms with Crippen molar-refractivity contribution in [1.29, 1.82) is 0 Å². The third-order valence-electron chi connectivity index (χ3n) is 7.15. The summed E-state index contributed by atoms with van der Waals surface area (Å²) in [6, 6.07) is 6.33. The molecule has 0 bridgehead atoms. The molecule has 1 aliphatic heterocycles. The van der Waals surface area contributed by atoms with Gasteiger partial charge < -0.3 is 10.6 Å². The van der Waals surface area contributed by atoms with Gasteiger partial charge in [-0.15, -0.1) is 0 Å². The first kappa shape index (κ1) is 23.0. The predicted molar refractivity (Wildman–Crippen MR) is 129 cm³/mol. The molecule has 3 heterocycles. The third-order valence-corrected chi connectivity index (χ3v) is 7.15. The van der Waals surface area contributed by atoms with Gasteiger partial charge in [-0.25, -0.2) is 9.67 Å². The van der Waals surface area contributed by atoms with Crippen molar-refractivity contribution in [3.63, 3.8) is 0 Å². The fraction of sp³-hybridized carbons (Fsp3) is 0.462. The normalized spacial score (nSPS) is 14.8. The van der Waals surface area contributed by atoms with Gasteiger partial charge >= 0.3 is 0 Å². The smallest absolute Gasteiger partial charge is 0.222 e. The zero-order valence-corrected chi connectivity index (χ0v) is 20.2. The number of aromatic nitrogens is 3. The van der Waals surface area contributed by atoms with Crippen LogP contribution in [0.2, 0.25) is 0 Å². The number of amides is 2. The van der Waals surface area contributed by atoms with Gasteiger partial charge in [-0.1, -0.05) is 6.07 Å². The van der Waals surface area contributed by atoms with Crippen molar-refractivity contribution < 1.29 is 9.59 Å². The quantitative estimate of drug-likeness (QED) is 0.646. The van der Waals surface area contributed by atoms with Crippen molar-refractivity contribution >= 4 is 22.8 Å². The van der Waals surface area contributed by atoms with E-state index in [4.69, 9.17) is 15.8 Å². The molecule has 1 saturated heterocycles. The van der Waals surface area contributed by atoms with E-state index in [-0.39, 0.29) is 17.7 Å². The minimum atomic E-state index is -0.260. The first-order valence-corrected chi connectivity index (χ1v) is 11.7. The molecular formula is C26H33N5O2. The van der Waals surface area contributed by atoms with Crippen molar-refractivity contribution in [3.05, 3.63) is 51.8 Å². The summed E-state index contributed by atoms with van der Waals surface area (Å²) in [4.78, 5) is 31.0. The lowest BCUT2D eigenvalue weighted by molar-refractivity contribution is -0.134. The van der Waals surface area contributed by atoms with Crippen LogP contribution in [0, 0.1) is 40.5 Å². The molecule has 7 nitrogen and oxygen atoms in total. The van der Waals surface area contributed by atoms with Crippen molar-refractivity contribution in [2.75, 3.05) is 13.1 Å². The number of benzene rings is 1. The Labute approximate surface area is 195 Å². The van der Waals surface area contributed by atoms with Crippen LogP contribution in [0.3, 0.4) is 0 Å². The number of aryl methyl sites for hydroxylation is 5. The number of fused-ring (bicyclic) bond motifs is 1. The molecule has 7 heteroatoms. The predicted octanol–water partition coefficient (Wildman–Crippen LogP) is 3.62. The Hall–Kier alpha value is -3.22. The van der Waals surface area contributed by atoms with Crippen LogP contribution < -0.4 is 5.73 Å². The molecule has 0 unspecified atom stereocenters. The van der Waals surface area contributed by atoms with Crippen LogP contribution in [0.5, 0.6) is 0 Å². The van der Waals surface area contributed by atoms with Crippen LogP contribution in [0.4, 0.5) is 0 Å². The van der Waals surface area contributed by atoms with Gasteiger partial charge in [-0.3, -0.25) is 9.59 Å². The van der Waals surface area contributed by atoms with Crippen LogP contribution >= 0.6 is 0 Å². The average Bonchev–Trinajstić information content (AvgIpc) is 3.11. The van der Waals surface area contributed by atoms with E-state index in [0.717, 1.165) is 39.2 Å². The molecule has 0 saturated carbocycles. The maximum atomic E-state index is 12.8. The summed E-state index contributed by atoms with van der Waals surface area (Å²) >= 11 is 0. The minimum Gasteiger partial charge on any atom is -0.369 e. The summed E-state index contributed by atoms with van der Waals surface area (Å²) in [5.74, 6) is -0.245. The molecule has 0 atom stereocenters. The molecule has 2 amide bonds. The summed E-state index contributed by atoms with van der Waals surface area (Å²) in [5, 5.41) is 5.86. The van der Waals surface area contributed by atoms with E-state index < -0.39 is 0 Å². The summed E-state index contributed by atoms with van der Waals surface area (Å²) < 4.78 is 1.93. The highest BCUT2D eigenvalue weighted by Gasteiger charge is 2.26. The van der Waals surface area contributed by atoms with E-state index in [0.29, 0.717) is 38.8 Å². The van der Waals surface area contributed by atoms with E-state index in [1.54, 1.807) is 0 Å². The summed E-state index contributed by atoms with van der Waals surface area (Å²) in [7, 11) is 0. The Kier molecular flexibility index (Phi) is 6.23. The lowest BCUT2D eigenvalue weighted by Gasteiger charge is -2.30. The Morgan fingerprint density at radius 3 is 2.36 bits per heavy atom. The zero-order valence-electron chi connectivity index (χ0n) is 20.2. The molecule has 1 fully saturated rings. The SMILES string of the molecule is Cc1ccc(-n2nc(C)c3c(C)c(CCC(=O)N4CCC(C(N)=O)CC4)c(C)nc32)cc1C. The number of primary amides is 1. The topological polar surface area (TPSA) is 94.1 Å². The Bertz CT molecular complexity index is 1240. The number of carbonyl (C=O) groups excluding carboxylic acids is 2. The van der Waals surface area contributed by atoms with Gasteiger partial charge in [-0.05, 0) is 88.3 Å². The molecule has 0 aliphatic carbocycles. The van der Waals surface area contributed by atoms with E-state index in [2.05, 4.69) is 39.0 Å². The monoisotopic (exact) mass is 447 g/mol. The van der Waals surface area contributed by atoms with Crippen LogP contribution in [0.25, 0.3) is 16.7 Å². The largest absolute Gasteiger partial charge is 0.369 e. The van der Waals surface area contributed by atoms with Crippen molar-refractivity contribution in [3.8, 4) is 5.69 Å². The zero-order chi connectivity index (χ0) is 23.9. The van der Waals surface area contributed by atoms with Gasteiger partial charge in [0.15, 0.2) is 5.65 Å². The standard InChI is InChI=1S/C26H33N5O2/c1-15-6-7-21(14-16(15)2)31-26-24(19(5)29-31)17(3)22(18(4)28-26)8-9-23(32)30-12-10-20(11-13-30)25(27)33/h6-7,14,20H,8-13H2,1-5H3,(H2,27,33). The first-order valence-electron chi connectivity index (χ1n) is 11.7. The highest BCUT2D eigenvalue weighted by Crippen LogP contribution is 2.29. The van der Waals surface area contributed by atoms with Crippen LogP contribution in [0.15, 0.2) is 18.2 Å². The fourth-order valence-electron chi connectivity index (χ4n) is 4.92.